The van der Waals surface area contributed by atoms with Gasteiger partial charge in [0.1, 0.15) is 6.04 Å². The van der Waals surface area contributed by atoms with Gasteiger partial charge in [0.25, 0.3) is 0 Å². The summed E-state index contributed by atoms with van der Waals surface area (Å²) in [6, 6.07) is 8.21. The molecule has 0 aliphatic carbocycles. The summed E-state index contributed by atoms with van der Waals surface area (Å²) < 4.78 is 0. The predicted octanol–water partition coefficient (Wildman–Crippen LogP) is 1.81. The van der Waals surface area contributed by atoms with Crippen LogP contribution >= 0.6 is 11.3 Å². The van der Waals surface area contributed by atoms with Crippen LogP contribution in [0.1, 0.15) is 6.92 Å². The van der Waals surface area contributed by atoms with Crippen LogP contribution in [0.15, 0.2) is 35.7 Å². The van der Waals surface area contributed by atoms with E-state index in [9.17, 15) is 9.59 Å². The molecule has 1 aromatic heterocycles. The molecule has 1 unspecified atom stereocenters. The van der Waals surface area contributed by atoms with Gasteiger partial charge in [-0.1, -0.05) is 30.3 Å². The zero-order valence-electron chi connectivity index (χ0n) is 10.8. The number of carbonyl (C=O) groups excluding carboxylic acids is 2. The van der Waals surface area contributed by atoms with Gasteiger partial charge < -0.3 is 16.4 Å². The molecule has 0 radical (unpaired) electrons. The van der Waals surface area contributed by atoms with Crippen molar-refractivity contribution in [3.8, 4) is 11.3 Å². The molecule has 6 nitrogen and oxygen atoms in total. The molecule has 4 N–H and O–H groups in total. The number of benzene rings is 1. The highest BCUT2D eigenvalue weighted by molar-refractivity contribution is 7.14. The number of rotatable bonds is 4. The number of anilines is 1. The number of nitrogens with zero attached hydrogens (tertiary/aromatic N) is 1. The van der Waals surface area contributed by atoms with Crippen molar-refractivity contribution in [2.75, 3.05) is 5.32 Å². The first-order chi connectivity index (χ1) is 9.56. The lowest BCUT2D eigenvalue weighted by Gasteiger charge is -2.10. The third-order valence-corrected chi connectivity index (χ3v) is 3.31. The van der Waals surface area contributed by atoms with Crippen LogP contribution in [0.5, 0.6) is 0 Å². The molecule has 3 amide bonds. The second-order valence-electron chi connectivity index (χ2n) is 4.12. The van der Waals surface area contributed by atoms with Gasteiger partial charge in [0, 0.05) is 10.9 Å². The maximum atomic E-state index is 11.8. The van der Waals surface area contributed by atoms with E-state index in [1.165, 1.54) is 11.3 Å². The van der Waals surface area contributed by atoms with Gasteiger partial charge >= 0.3 is 6.03 Å². The summed E-state index contributed by atoms with van der Waals surface area (Å²) in [4.78, 5) is 26.8. The van der Waals surface area contributed by atoms with E-state index >= 15 is 0 Å². The zero-order chi connectivity index (χ0) is 14.5. The van der Waals surface area contributed by atoms with Crippen LogP contribution in [0.4, 0.5) is 9.93 Å². The Balaban J connectivity index is 2.03. The second-order valence-corrected chi connectivity index (χ2v) is 4.98. The molecule has 0 saturated heterocycles. The van der Waals surface area contributed by atoms with Crippen LogP contribution < -0.4 is 16.4 Å². The van der Waals surface area contributed by atoms with Crippen LogP contribution in [0.2, 0.25) is 0 Å². The number of urea groups is 1. The fourth-order valence-corrected chi connectivity index (χ4v) is 2.29. The summed E-state index contributed by atoms with van der Waals surface area (Å²) in [7, 11) is 0. The van der Waals surface area contributed by atoms with E-state index in [2.05, 4.69) is 15.6 Å². The fraction of sp³-hybridized carbons (Fsp3) is 0.154. The molecule has 2 aromatic rings. The highest BCUT2D eigenvalue weighted by Gasteiger charge is 2.15. The topological polar surface area (TPSA) is 97.1 Å². The first kappa shape index (κ1) is 14.0. The maximum Gasteiger partial charge on any atom is 0.312 e. The predicted molar refractivity (Wildman–Crippen MR) is 78.4 cm³/mol. The number of hydrogen-bond donors (Lipinski definition) is 3. The Morgan fingerprint density at radius 3 is 2.65 bits per heavy atom. The summed E-state index contributed by atoms with van der Waals surface area (Å²) in [5.41, 5.74) is 6.73. The van der Waals surface area contributed by atoms with E-state index in [1.54, 1.807) is 6.92 Å². The molecule has 0 aliphatic heterocycles. The highest BCUT2D eigenvalue weighted by atomic mass is 32.1. The van der Waals surface area contributed by atoms with Gasteiger partial charge in [-0.25, -0.2) is 9.78 Å². The number of thiazole rings is 1. The van der Waals surface area contributed by atoms with Crippen LogP contribution in [0.25, 0.3) is 11.3 Å². The Morgan fingerprint density at radius 2 is 2.00 bits per heavy atom. The molecule has 2 rings (SSSR count). The standard InChI is InChI=1S/C13H14N4O2S/c1-8(15-12(14)19)11(18)17-13-16-10(7-20-13)9-5-3-2-4-6-9/h2-8H,1H3,(H3,14,15,19)(H,16,17,18). The number of hydrogen-bond acceptors (Lipinski definition) is 4. The monoisotopic (exact) mass is 290 g/mol. The molecule has 0 aliphatic rings. The Hall–Kier alpha value is -2.41. The Kier molecular flexibility index (Phi) is 4.31. The van der Waals surface area contributed by atoms with E-state index in [-0.39, 0.29) is 5.91 Å². The third-order valence-electron chi connectivity index (χ3n) is 2.56. The van der Waals surface area contributed by atoms with Gasteiger partial charge in [0.2, 0.25) is 5.91 Å². The van der Waals surface area contributed by atoms with Gasteiger partial charge in [0.15, 0.2) is 5.13 Å². The largest absolute Gasteiger partial charge is 0.352 e. The lowest BCUT2D eigenvalue weighted by atomic mass is 10.2. The Bertz CT molecular complexity index is 612. The average Bonchev–Trinajstić information content (AvgIpc) is 2.87. The minimum Gasteiger partial charge on any atom is -0.352 e. The average molecular weight is 290 g/mol. The molecule has 0 saturated carbocycles. The lowest BCUT2D eigenvalue weighted by molar-refractivity contribution is -0.117. The van der Waals surface area contributed by atoms with Gasteiger partial charge in [-0.15, -0.1) is 11.3 Å². The number of amides is 3. The number of nitrogens with one attached hydrogen (secondary N) is 2. The van der Waals surface area contributed by atoms with Crippen molar-refractivity contribution in [2.45, 2.75) is 13.0 Å². The Morgan fingerprint density at radius 1 is 1.30 bits per heavy atom. The molecule has 20 heavy (non-hydrogen) atoms. The van der Waals surface area contributed by atoms with Crippen LogP contribution in [-0.4, -0.2) is 23.0 Å². The molecule has 0 bridgehead atoms. The summed E-state index contributed by atoms with van der Waals surface area (Å²) in [5, 5.41) is 7.28. The van der Waals surface area contributed by atoms with Crippen molar-refractivity contribution in [1.82, 2.24) is 10.3 Å². The van der Waals surface area contributed by atoms with Gasteiger partial charge in [-0.05, 0) is 6.92 Å². The van der Waals surface area contributed by atoms with Gasteiger partial charge in [-0.3, -0.25) is 4.79 Å². The summed E-state index contributed by atoms with van der Waals surface area (Å²) in [6.07, 6.45) is 0. The SMILES string of the molecule is CC(NC(N)=O)C(=O)Nc1nc(-c2ccccc2)cs1. The van der Waals surface area contributed by atoms with Gasteiger partial charge in [0.05, 0.1) is 5.69 Å². The number of nitrogens with two attached hydrogens (primary N) is 1. The molecule has 7 heteroatoms. The zero-order valence-corrected chi connectivity index (χ0v) is 11.6. The number of carbonyl (C=O) groups is 2. The second kappa shape index (κ2) is 6.16. The minimum absolute atomic E-state index is 0.363. The molecule has 104 valence electrons. The summed E-state index contributed by atoms with van der Waals surface area (Å²) in [6.45, 7) is 1.55. The molecule has 1 atom stereocenters. The van der Waals surface area contributed by atoms with E-state index in [0.29, 0.717) is 5.13 Å². The van der Waals surface area contributed by atoms with Crippen molar-refractivity contribution in [3.63, 3.8) is 0 Å². The third kappa shape index (κ3) is 3.55. The number of aromatic nitrogens is 1. The molecule has 1 aromatic carbocycles. The minimum atomic E-state index is -0.739. The van der Waals surface area contributed by atoms with Crippen molar-refractivity contribution in [1.29, 1.82) is 0 Å². The van der Waals surface area contributed by atoms with Crippen LogP contribution in [0, 0.1) is 0 Å². The van der Waals surface area contributed by atoms with Crippen molar-refractivity contribution in [3.05, 3.63) is 35.7 Å². The fourth-order valence-electron chi connectivity index (χ4n) is 1.57. The molecular formula is C13H14N4O2S. The smallest absolute Gasteiger partial charge is 0.312 e. The van der Waals surface area contributed by atoms with E-state index < -0.39 is 12.1 Å². The van der Waals surface area contributed by atoms with E-state index in [4.69, 9.17) is 5.73 Å². The first-order valence-electron chi connectivity index (χ1n) is 5.94. The summed E-state index contributed by atoms with van der Waals surface area (Å²) >= 11 is 1.32. The van der Waals surface area contributed by atoms with Crippen molar-refractivity contribution in [2.24, 2.45) is 5.73 Å². The lowest BCUT2D eigenvalue weighted by Crippen LogP contribution is -2.44. The molecule has 1 heterocycles. The normalized spacial score (nSPS) is 11.7. The molecule has 0 spiro atoms. The van der Waals surface area contributed by atoms with Crippen LogP contribution in [0.3, 0.4) is 0 Å². The maximum absolute atomic E-state index is 11.8. The van der Waals surface area contributed by atoms with Crippen LogP contribution in [-0.2, 0) is 4.79 Å². The molecular weight excluding hydrogens is 276 g/mol. The molecule has 0 fully saturated rings. The van der Waals surface area contributed by atoms with Crippen molar-refractivity contribution >= 4 is 28.4 Å². The van der Waals surface area contributed by atoms with E-state index in [0.717, 1.165) is 11.3 Å². The quantitative estimate of drug-likeness (QED) is 0.801. The number of primary amides is 1. The van der Waals surface area contributed by atoms with Crippen molar-refractivity contribution < 1.29 is 9.59 Å². The van der Waals surface area contributed by atoms with Gasteiger partial charge in [-0.2, -0.15) is 0 Å². The first-order valence-corrected chi connectivity index (χ1v) is 6.82. The summed E-state index contributed by atoms with van der Waals surface area (Å²) in [5.74, 6) is -0.363. The highest BCUT2D eigenvalue weighted by Crippen LogP contribution is 2.24. The van der Waals surface area contributed by atoms with E-state index in [1.807, 2.05) is 35.7 Å². The Labute approximate surface area is 120 Å².